The van der Waals surface area contributed by atoms with Gasteiger partial charge in [-0.1, -0.05) is 34.1 Å². The lowest BCUT2D eigenvalue weighted by molar-refractivity contribution is 0.313. The third-order valence-electron chi connectivity index (χ3n) is 3.02. The van der Waals surface area contributed by atoms with Gasteiger partial charge < -0.3 is 11.1 Å². The molecule has 0 aliphatic carbocycles. The minimum atomic E-state index is 0.422. The number of nitrogens with two attached hydrogens (primary N) is 1. The summed E-state index contributed by atoms with van der Waals surface area (Å²) in [7, 11) is 0. The van der Waals surface area contributed by atoms with Crippen molar-refractivity contribution in [2.24, 2.45) is 17.1 Å². The van der Waals surface area contributed by atoms with Crippen LogP contribution in [0.3, 0.4) is 0 Å². The minimum Gasteiger partial charge on any atom is -0.330 e. The maximum atomic E-state index is 5.70. The van der Waals surface area contributed by atoms with E-state index in [1.165, 1.54) is 19.3 Å². The molecule has 2 heteroatoms. The molecule has 0 aromatic rings. The fourth-order valence-electron chi connectivity index (χ4n) is 1.45. The Morgan fingerprint density at radius 3 is 2.36 bits per heavy atom. The summed E-state index contributed by atoms with van der Waals surface area (Å²) >= 11 is 0. The zero-order valence-corrected chi connectivity index (χ0v) is 10.4. The van der Waals surface area contributed by atoms with Crippen LogP contribution in [0, 0.1) is 11.3 Å². The second kappa shape index (κ2) is 7.24. The first-order chi connectivity index (χ1) is 6.55. The molecule has 0 fully saturated rings. The van der Waals surface area contributed by atoms with Crippen molar-refractivity contribution >= 4 is 0 Å². The molecule has 1 unspecified atom stereocenters. The van der Waals surface area contributed by atoms with Crippen LogP contribution in [-0.2, 0) is 0 Å². The first-order valence-corrected chi connectivity index (χ1v) is 5.96. The average Bonchev–Trinajstić information content (AvgIpc) is 2.16. The Kier molecular flexibility index (Phi) is 7.20. The van der Waals surface area contributed by atoms with Gasteiger partial charge in [0.2, 0.25) is 0 Å². The molecule has 0 aromatic heterocycles. The van der Waals surface area contributed by atoms with E-state index in [1.54, 1.807) is 0 Å². The Labute approximate surface area is 89.6 Å². The summed E-state index contributed by atoms with van der Waals surface area (Å²) in [6.07, 6.45) is 3.71. The van der Waals surface area contributed by atoms with Crippen LogP contribution in [-0.4, -0.2) is 19.6 Å². The third-order valence-corrected chi connectivity index (χ3v) is 3.02. The molecule has 0 bridgehead atoms. The Morgan fingerprint density at radius 2 is 1.93 bits per heavy atom. The number of hydrogen-bond acceptors (Lipinski definition) is 2. The van der Waals surface area contributed by atoms with Gasteiger partial charge in [0.15, 0.2) is 0 Å². The second-order valence-electron chi connectivity index (χ2n) is 5.04. The predicted octanol–water partition coefficient (Wildman–Crippen LogP) is 2.39. The van der Waals surface area contributed by atoms with Gasteiger partial charge in [0.25, 0.3) is 0 Å². The molecule has 0 saturated heterocycles. The molecular weight excluding hydrogens is 172 g/mol. The SMILES string of the molecule is CCCC(CN)CNCC(C)(C)CC. The van der Waals surface area contributed by atoms with Gasteiger partial charge in [0.05, 0.1) is 0 Å². The number of rotatable bonds is 8. The fourth-order valence-corrected chi connectivity index (χ4v) is 1.45. The van der Waals surface area contributed by atoms with Gasteiger partial charge in [0, 0.05) is 6.54 Å². The van der Waals surface area contributed by atoms with E-state index in [0.717, 1.165) is 19.6 Å². The van der Waals surface area contributed by atoms with E-state index in [0.29, 0.717) is 11.3 Å². The van der Waals surface area contributed by atoms with Crippen LogP contribution in [0.4, 0.5) is 0 Å². The van der Waals surface area contributed by atoms with Crippen molar-refractivity contribution in [3.8, 4) is 0 Å². The van der Waals surface area contributed by atoms with Gasteiger partial charge in [-0.15, -0.1) is 0 Å². The normalized spacial score (nSPS) is 14.4. The summed E-state index contributed by atoms with van der Waals surface area (Å²) in [5.41, 5.74) is 6.12. The molecule has 0 aliphatic rings. The van der Waals surface area contributed by atoms with Crippen LogP contribution < -0.4 is 11.1 Å². The van der Waals surface area contributed by atoms with Gasteiger partial charge in [-0.25, -0.2) is 0 Å². The van der Waals surface area contributed by atoms with Crippen molar-refractivity contribution in [3.05, 3.63) is 0 Å². The minimum absolute atomic E-state index is 0.422. The van der Waals surface area contributed by atoms with Crippen LogP contribution in [0.5, 0.6) is 0 Å². The number of nitrogens with one attached hydrogen (secondary N) is 1. The van der Waals surface area contributed by atoms with E-state index in [2.05, 4.69) is 33.0 Å². The molecule has 0 spiro atoms. The highest BCUT2D eigenvalue weighted by Crippen LogP contribution is 2.17. The monoisotopic (exact) mass is 200 g/mol. The molecular formula is C12H28N2. The molecule has 3 N–H and O–H groups in total. The van der Waals surface area contributed by atoms with Crippen molar-refractivity contribution in [2.45, 2.75) is 47.0 Å². The highest BCUT2D eigenvalue weighted by molar-refractivity contribution is 4.71. The molecule has 86 valence electrons. The van der Waals surface area contributed by atoms with Crippen LogP contribution in [0.25, 0.3) is 0 Å². The van der Waals surface area contributed by atoms with Gasteiger partial charge in [-0.3, -0.25) is 0 Å². The van der Waals surface area contributed by atoms with Crippen molar-refractivity contribution < 1.29 is 0 Å². The lowest BCUT2D eigenvalue weighted by Crippen LogP contribution is -2.34. The summed E-state index contributed by atoms with van der Waals surface area (Å²) in [6, 6.07) is 0. The Morgan fingerprint density at radius 1 is 1.29 bits per heavy atom. The van der Waals surface area contributed by atoms with E-state index >= 15 is 0 Å². The first kappa shape index (κ1) is 13.9. The van der Waals surface area contributed by atoms with Crippen LogP contribution in [0.1, 0.15) is 47.0 Å². The zero-order chi connectivity index (χ0) is 11.0. The lowest BCUT2D eigenvalue weighted by Gasteiger charge is -2.24. The molecule has 0 aliphatic heterocycles. The van der Waals surface area contributed by atoms with Crippen LogP contribution in [0.15, 0.2) is 0 Å². The van der Waals surface area contributed by atoms with E-state index in [1.807, 2.05) is 0 Å². The topological polar surface area (TPSA) is 38.0 Å². The van der Waals surface area contributed by atoms with E-state index < -0.39 is 0 Å². The fraction of sp³-hybridized carbons (Fsp3) is 1.00. The molecule has 0 radical (unpaired) electrons. The predicted molar refractivity (Wildman–Crippen MR) is 64.4 cm³/mol. The van der Waals surface area contributed by atoms with Gasteiger partial charge in [-0.2, -0.15) is 0 Å². The summed E-state index contributed by atoms with van der Waals surface area (Å²) in [5, 5.41) is 3.53. The van der Waals surface area contributed by atoms with Crippen molar-refractivity contribution in [1.82, 2.24) is 5.32 Å². The Hall–Kier alpha value is -0.0800. The molecule has 0 amide bonds. The summed E-state index contributed by atoms with van der Waals surface area (Å²) in [6.45, 7) is 12.1. The van der Waals surface area contributed by atoms with E-state index in [-0.39, 0.29) is 0 Å². The second-order valence-corrected chi connectivity index (χ2v) is 5.04. The molecule has 1 atom stereocenters. The average molecular weight is 200 g/mol. The highest BCUT2D eigenvalue weighted by atomic mass is 14.9. The molecule has 14 heavy (non-hydrogen) atoms. The van der Waals surface area contributed by atoms with Crippen molar-refractivity contribution in [1.29, 1.82) is 0 Å². The van der Waals surface area contributed by atoms with E-state index in [9.17, 15) is 0 Å². The highest BCUT2D eigenvalue weighted by Gasteiger charge is 2.14. The lowest BCUT2D eigenvalue weighted by atomic mass is 9.90. The maximum Gasteiger partial charge on any atom is 0.000254 e. The van der Waals surface area contributed by atoms with E-state index in [4.69, 9.17) is 5.73 Å². The smallest absolute Gasteiger partial charge is 0.000254 e. The van der Waals surface area contributed by atoms with Gasteiger partial charge in [0.1, 0.15) is 0 Å². The van der Waals surface area contributed by atoms with Crippen molar-refractivity contribution in [3.63, 3.8) is 0 Å². The summed E-state index contributed by atoms with van der Waals surface area (Å²) in [5.74, 6) is 0.660. The molecule has 0 rings (SSSR count). The first-order valence-electron chi connectivity index (χ1n) is 5.96. The standard InChI is InChI=1S/C12H28N2/c1-5-7-11(8-13)9-14-10-12(3,4)6-2/h11,14H,5-10,13H2,1-4H3. The molecule has 0 heterocycles. The van der Waals surface area contributed by atoms with Gasteiger partial charge in [-0.05, 0) is 37.3 Å². The van der Waals surface area contributed by atoms with Crippen LogP contribution >= 0.6 is 0 Å². The Balaban J connectivity index is 3.60. The third kappa shape index (κ3) is 6.39. The summed E-state index contributed by atoms with van der Waals surface area (Å²) < 4.78 is 0. The zero-order valence-electron chi connectivity index (χ0n) is 10.4. The molecule has 2 nitrogen and oxygen atoms in total. The molecule has 0 aromatic carbocycles. The van der Waals surface area contributed by atoms with Crippen molar-refractivity contribution in [2.75, 3.05) is 19.6 Å². The maximum absolute atomic E-state index is 5.70. The Bertz CT molecular complexity index is 132. The largest absolute Gasteiger partial charge is 0.330 e. The summed E-state index contributed by atoms with van der Waals surface area (Å²) in [4.78, 5) is 0. The quantitative estimate of drug-likeness (QED) is 0.631. The van der Waals surface area contributed by atoms with Crippen LogP contribution in [0.2, 0.25) is 0 Å². The van der Waals surface area contributed by atoms with Gasteiger partial charge >= 0.3 is 0 Å². The number of hydrogen-bond donors (Lipinski definition) is 2. The molecule has 0 saturated carbocycles.